The normalized spacial score (nSPS) is 12.6. The molecule has 0 unspecified atom stereocenters. The fourth-order valence-electron chi connectivity index (χ4n) is 7.78. The van der Waals surface area contributed by atoms with E-state index in [1.54, 1.807) is 0 Å². The zero-order valence-electron chi connectivity index (χ0n) is 26.9. The summed E-state index contributed by atoms with van der Waals surface area (Å²) in [5.41, 5.74) is 8.51. The number of rotatable bonds is 4. The predicted molar refractivity (Wildman–Crippen MR) is 212 cm³/mol. The van der Waals surface area contributed by atoms with Crippen LogP contribution in [0.1, 0.15) is 12.5 Å². The highest BCUT2D eigenvalue weighted by Crippen LogP contribution is 2.52. The van der Waals surface area contributed by atoms with E-state index in [2.05, 4.69) is 158 Å². The first-order chi connectivity index (χ1) is 24.2. The van der Waals surface area contributed by atoms with Crippen molar-refractivity contribution in [2.24, 2.45) is 0 Å². The molecule has 0 saturated heterocycles. The van der Waals surface area contributed by atoms with Gasteiger partial charge in [-0.15, -0.1) is 11.3 Å². The minimum atomic E-state index is 0.910. The SMILES string of the molecule is C/C=C\C=C/c1cccc(-c2ccc3c4c(cccc24)Oc2cc4c(cc2-3)sc2cc(-c3cccc5ccccc35)c3ccccc3c24)c1. The zero-order valence-corrected chi connectivity index (χ0v) is 27.7. The molecule has 0 N–H and O–H groups in total. The van der Waals surface area contributed by atoms with E-state index in [0.717, 1.165) is 17.1 Å². The van der Waals surface area contributed by atoms with Crippen LogP contribution >= 0.6 is 11.3 Å². The van der Waals surface area contributed by atoms with Gasteiger partial charge in [-0.05, 0) is 97.6 Å². The number of hydrogen-bond acceptors (Lipinski definition) is 2. The second-order valence-corrected chi connectivity index (χ2v) is 13.9. The third-order valence-corrected chi connectivity index (χ3v) is 11.1. The number of allylic oxidation sites excluding steroid dienone is 3. The number of ether oxygens (including phenoxy) is 1. The summed E-state index contributed by atoms with van der Waals surface area (Å²) in [4.78, 5) is 0. The van der Waals surface area contributed by atoms with E-state index < -0.39 is 0 Å². The van der Waals surface area contributed by atoms with Gasteiger partial charge in [-0.2, -0.15) is 0 Å². The minimum absolute atomic E-state index is 0.910. The molecule has 0 radical (unpaired) electrons. The summed E-state index contributed by atoms with van der Waals surface area (Å²) < 4.78 is 9.36. The lowest BCUT2D eigenvalue weighted by molar-refractivity contribution is 0.488. The highest BCUT2D eigenvalue weighted by molar-refractivity contribution is 7.26. The van der Waals surface area contributed by atoms with Crippen molar-refractivity contribution in [3.63, 3.8) is 0 Å². The molecule has 1 aliphatic rings. The summed E-state index contributed by atoms with van der Waals surface area (Å²) in [6.45, 7) is 2.03. The molecule has 9 aromatic rings. The number of thiophene rings is 1. The van der Waals surface area contributed by atoms with Crippen molar-refractivity contribution in [1.29, 1.82) is 0 Å². The van der Waals surface area contributed by atoms with Gasteiger partial charge in [0.05, 0.1) is 0 Å². The summed E-state index contributed by atoms with van der Waals surface area (Å²) in [5.74, 6) is 1.83. The second kappa shape index (κ2) is 11.1. The van der Waals surface area contributed by atoms with Gasteiger partial charge in [-0.1, -0.05) is 133 Å². The first-order valence-corrected chi connectivity index (χ1v) is 17.6. The van der Waals surface area contributed by atoms with Gasteiger partial charge in [0.25, 0.3) is 0 Å². The highest BCUT2D eigenvalue weighted by atomic mass is 32.1. The standard InChI is InChI=1S/C47H30OS/c1-2-3-4-12-29-13-9-16-31(25-29)33-23-24-38-40-28-44-41(26-43(40)48-42-22-11-21-36(33)46(38)42)47-37-19-8-7-18-35(37)39(27-45(47)49-44)34-20-10-15-30-14-5-6-17-32(30)34/h2-28H,1H3/b3-2-,12-4-. The van der Waals surface area contributed by atoms with Crippen molar-refractivity contribution in [2.45, 2.75) is 6.92 Å². The Labute approximate surface area is 288 Å². The molecule has 0 amide bonds. The van der Waals surface area contributed by atoms with Crippen molar-refractivity contribution in [3.05, 3.63) is 163 Å². The fraction of sp³-hybridized carbons (Fsp3) is 0.0213. The second-order valence-electron chi connectivity index (χ2n) is 12.8. The van der Waals surface area contributed by atoms with E-state index in [0.29, 0.717) is 0 Å². The van der Waals surface area contributed by atoms with Gasteiger partial charge in [0.15, 0.2) is 0 Å². The molecular weight excluding hydrogens is 613 g/mol. The van der Waals surface area contributed by atoms with Gasteiger partial charge >= 0.3 is 0 Å². The molecule has 0 aliphatic carbocycles. The molecule has 1 aromatic heterocycles. The summed E-state index contributed by atoms with van der Waals surface area (Å²) in [6.07, 6.45) is 8.34. The van der Waals surface area contributed by atoms with E-state index in [9.17, 15) is 0 Å². The zero-order chi connectivity index (χ0) is 32.5. The average Bonchev–Trinajstić information content (AvgIpc) is 3.51. The molecule has 0 fully saturated rings. The Morgan fingerprint density at radius 2 is 1.22 bits per heavy atom. The summed E-state index contributed by atoms with van der Waals surface area (Å²) in [5, 5.41) is 10.0. The van der Waals surface area contributed by atoms with Crippen molar-refractivity contribution in [3.8, 4) is 44.9 Å². The van der Waals surface area contributed by atoms with Crippen LogP contribution in [0.25, 0.3) is 91.9 Å². The molecule has 1 nitrogen and oxygen atoms in total. The Kier molecular flexibility index (Phi) is 6.34. The van der Waals surface area contributed by atoms with Gasteiger partial charge in [0.2, 0.25) is 0 Å². The lowest BCUT2D eigenvalue weighted by Gasteiger charge is -2.23. The number of fused-ring (bicyclic) bond motifs is 8. The monoisotopic (exact) mass is 642 g/mol. The molecule has 8 aromatic carbocycles. The molecular formula is C47H30OS. The fourth-order valence-corrected chi connectivity index (χ4v) is 8.97. The van der Waals surface area contributed by atoms with Crippen LogP contribution in [-0.4, -0.2) is 0 Å². The lowest BCUT2D eigenvalue weighted by Crippen LogP contribution is -1.98. The van der Waals surface area contributed by atoms with E-state index in [4.69, 9.17) is 4.74 Å². The van der Waals surface area contributed by atoms with E-state index in [-0.39, 0.29) is 0 Å². The van der Waals surface area contributed by atoms with Gasteiger partial charge in [0, 0.05) is 31.1 Å². The molecule has 49 heavy (non-hydrogen) atoms. The summed E-state index contributed by atoms with van der Waals surface area (Å²) in [6, 6.07) is 51.0. The van der Waals surface area contributed by atoms with Crippen molar-refractivity contribution in [1.82, 2.24) is 0 Å². The molecule has 0 bridgehead atoms. The van der Waals surface area contributed by atoms with Crippen LogP contribution in [-0.2, 0) is 0 Å². The van der Waals surface area contributed by atoms with Crippen molar-refractivity contribution < 1.29 is 4.74 Å². The van der Waals surface area contributed by atoms with Crippen LogP contribution in [0.3, 0.4) is 0 Å². The molecule has 0 spiro atoms. The van der Waals surface area contributed by atoms with Crippen molar-refractivity contribution >= 4 is 69.9 Å². The average molecular weight is 643 g/mol. The van der Waals surface area contributed by atoms with E-state index >= 15 is 0 Å². The first-order valence-electron chi connectivity index (χ1n) is 16.8. The molecule has 0 atom stereocenters. The van der Waals surface area contributed by atoms with Crippen LogP contribution in [0.2, 0.25) is 0 Å². The van der Waals surface area contributed by atoms with Crippen LogP contribution in [0.5, 0.6) is 11.5 Å². The Morgan fingerprint density at radius 3 is 2.14 bits per heavy atom. The molecule has 2 heterocycles. The smallest absolute Gasteiger partial charge is 0.136 e. The first kappa shape index (κ1) is 28.1. The van der Waals surface area contributed by atoms with E-state index in [1.807, 2.05) is 24.3 Å². The van der Waals surface area contributed by atoms with Crippen LogP contribution in [0.15, 0.2) is 158 Å². The Bertz CT molecular complexity index is 2860. The lowest BCUT2D eigenvalue weighted by atomic mass is 9.89. The maximum Gasteiger partial charge on any atom is 0.136 e. The molecule has 0 saturated carbocycles. The van der Waals surface area contributed by atoms with Gasteiger partial charge in [-0.3, -0.25) is 0 Å². The quantitative estimate of drug-likeness (QED) is 0.174. The number of benzene rings is 8. The van der Waals surface area contributed by atoms with E-state index in [1.165, 1.54) is 85.9 Å². The maximum atomic E-state index is 6.80. The molecule has 2 heteroatoms. The van der Waals surface area contributed by atoms with Gasteiger partial charge in [0.1, 0.15) is 11.5 Å². The van der Waals surface area contributed by atoms with Crippen molar-refractivity contribution in [2.75, 3.05) is 0 Å². The topological polar surface area (TPSA) is 9.23 Å². The van der Waals surface area contributed by atoms with Gasteiger partial charge < -0.3 is 4.74 Å². The molecule has 1 aliphatic heterocycles. The largest absolute Gasteiger partial charge is 0.456 e. The Hall–Kier alpha value is -5.96. The molecule has 10 rings (SSSR count). The molecule has 230 valence electrons. The summed E-state index contributed by atoms with van der Waals surface area (Å²) >= 11 is 1.88. The third-order valence-electron chi connectivity index (χ3n) is 9.96. The summed E-state index contributed by atoms with van der Waals surface area (Å²) in [7, 11) is 0. The van der Waals surface area contributed by atoms with Crippen LogP contribution in [0.4, 0.5) is 0 Å². The van der Waals surface area contributed by atoms with Crippen LogP contribution < -0.4 is 4.74 Å². The van der Waals surface area contributed by atoms with Gasteiger partial charge in [-0.25, -0.2) is 0 Å². The number of hydrogen-bond donors (Lipinski definition) is 0. The highest BCUT2D eigenvalue weighted by Gasteiger charge is 2.24. The minimum Gasteiger partial charge on any atom is -0.456 e. The van der Waals surface area contributed by atoms with Crippen LogP contribution in [0, 0.1) is 0 Å². The Balaban J connectivity index is 1.17. The maximum absolute atomic E-state index is 6.80. The Morgan fingerprint density at radius 1 is 0.469 bits per heavy atom. The predicted octanol–water partition coefficient (Wildman–Crippen LogP) is 14.2. The third kappa shape index (κ3) is 4.38.